The standard InChI is InChI=1S/C16H23NO3S/c1-11(2)15-10-17(13(4)9-16(15)18)21(19,20)14-7-5-12(3)6-8-14/h5-8,13,15-16,18H,1,9-10H2,2-4H3/t13-,15+,16-/m1/s1. The van der Waals surface area contributed by atoms with Gasteiger partial charge in [-0.15, -0.1) is 0 Å². The molecule has 116 valence electrons. The SMILES string of the molecule is C=C(C)[C@@H]1CN(S(=O)(=O)c2ccc(C)cc2)[C@H](C)C[C@H]1O. The van der Waals surface area contributed by atoms with Gasteiger partial charge in [0.15, 0.2) is 0 Å². The number of hydrogen-bond donors (Lipinski definition) is 1. The molecule has 1 aromatic rings. The van der Waals surface area contributed by atoms with Crippen LogP contribution in [0.1, 0.15) is 25.8 Å². The van der Waals surface area contributed by atoms with Crippen molar-refractivity contribution in [1.29, 1.82) is 0 Å². The van der Waals surface area contributed by atoms with E-state index in [4.69, 9.17) is 0 Å². The third kappa shape index (κ3) is 3.20. The molecule has 0 aliphatic carbocycles. The zero-order valence-electron chi connectivity index (χ0n) is 12.8. The van der Waals surface area contributed by atoms with E-state index in [-0.39, 0.29) is 18.5 Å². The first kappa shape index (κ1) is 16.2. The van der Waals surface area contributed by atoms with E-state index >= 15 is 0 Å². The van der Waals surface area contributed by atoms with Gasteiger partial charge in [0.25, 0.3) is 0 Å². The van der Waals surface area contributed by atoms with Gasteiger partial charge in [-0.1, -0.05) is 29.8 Å². The Hall–Kier alpha value is -1.17. The summed E-state index contributed by atoms with van der Waals surface area (Å²) in [5.41, 5.74) is 1.84. The van der Waals surface area contributed by atoms with Crippen molar-refractivity contribution < 1.29 is 13.5 Å². The maximum absolute atomic E-state index is 12.8. The van der Waals surface area contributed by atoms with Gasteiger partial charge < -0.3 is 5.11 Å². The summed E-state index contributed by atoms with van der Waals surface area (Å²) in [6.07, 6.45) is -0.0928. The van der Waals surface area contributed by atoms with Crippen LogP contribution >= 0.6 is 0 Å². The van der Waals surface area contributed by atoms with Gasteiger partial charge in [0.2, 0.25) is 10.0 Å². The molecule has 2 rings (SSSR count). The number of hydrogen-bond acceptors (Lipinski definition) is 3. The molecular formula is C16H23NO3S. The topological polar surface area (TPSA) is 57.6 Å². The summed E-state index contributed by atoms with van der Waals surface area (Å²) in [7, 11) is -3.54. The zero-order valence-corrected chi connectivity index (χ0v) is 13.6. The molecule has 0 spiro atoms. The third-order valence-electron chi connectivity index (χ3n) is 4.18. The molecule has 1 N–H and O–H groups in total. The van der Waals surface area contributed by atoms with Gasteiger partial charge in [0.05, 0.1) is 11.0 Å². The van der Waals surface area contributed by atoms with Crippen LogP contribution in [0.5, 0.6) is 0 Å². The van der Waals surface area contributed by atoms with Gasteiger partial charge >= 0.3 is 0 Å². The molecule has 1 heterocycles. The molecule has 1 saturated heterocycles. The minimum absolute atomic E-state index is 0.207. The summed E-state index contributed by atoms with van der Waals surface area (Å²) < 4.78 is 27.1. The van der Waals surface area contributed by atoms with E-state index in [1.807, 2.05) is 20.8 Å². The molecular weight excluding hydrogens is 286 g/mol. The number of nitrogens with zero attached hydrogens (tertiary/aromatic N) is 1. The summed E-state index contributed by atoms with van der Waals surface area (Å²) >= 11 is 0. The highest BCUT2D eigenvalue weighted by Crippen LogP contribution is 2.31. The lowest BCUT2D eigenvalue weighted by atomic mass is 9.87. The van der Waals surface area contributed by atoms with Gasteiger partial charge in [0.1, 0.15) is 0 Å². The van der Waals surface area contributed by atoms with E-state index in [0.717, 1.165) is 11.1 Å². The Morgan fingerprint density at radius 1 is 1.33 bits per heavy atom. The first-order valence-electron chi connectivity index (χ1n) is 7.15. The van der Waals surface area contributed by atoms with Crippen LogP contribution in [0.2, 0.25) is 0 Å². The molecule has 1 aromatic carbocycles. The fourth-order valence-electron chi connectivity index (χ4n) is 2.79. The highest BCUT2D eigenvalue weighted by molar-refractivity contribution is 7.89. The first-order valence-corrected chi connectivity index (χ1v) is 8.59. The average Bonchev–Trinajstić information content (AvgIpc) is 2.38. The zero-order chi connectivity index (χ0) is 15.8. The second kappa shape index (κ2) is 5.91. The van der Waals surface area contributed by atoms with Crippen molar-refractivity contribution in [2.24, 2.45) is 5.92 Å². The van der Waals surface area contributed by atoms with Crippen LogP contribution in [0.4, 0.5) is 0 Å². The quantitative estimate of drug-likeness (QED) is 0.872. The van der Waals surface area contributed by atoms with Crippen LogP contribution in [0.3, 0.4) is 0 Å². The van der Waals surface area contributed by atoms with Crippen molar-refractivity contribution in [3.05, 3.63) is 42.0 Å². The van der Waals surface area contributed by atoms with Gasteiger partial charge in [-0.25, -0.2) is 8.42 Å². The van der Waals surface area contributed by atoms with Crippen LogP contribution in [-0.4, -0.2) is 36.5 Å². The molecule has 4 nitrogen and oxygen atoms in total. The molecule has 5 heteroatoms. The molecule has 1 aliphatic rings. The molecule has 1 aliphatic heterocycles. The Bertz CT molecular complexity index is 621. The van der Waals surface area contributed by atoms with Crippen molar-refractivity contribution >= 4 is 10.0 Å². The number of benzene rings is 1. The Labute approximate surface area is 127 Å². The third-order valence-corrected chi connectivity index (χ3v) is 6.17. The second-order valence-electron chi connectivity index (χ2n) is 5.99. The van der Waals surface area contributed by atoms with E-state index in [0.29, 0.717) is 11.3 Å². The maximum atomic E-state index is 12.8. The number of sulfonamides is 1. The highest BCUT2D eigenvalue weighted by Gasteiger charge is 2.39. The van der Waals surface area contributed by atoms with Gasteiger partial charge in [-0.3, -0.25) is 0 Å². The minimum Gasteiger partial charge on any atom is -0.392 e. The normalized spacial score (nSPS) is 27.5. The monoisotopic (exact) mass is 309 g/mol. The molecule has 0 saturated carbocycles. The smallest absolute Gasteiger partial charge is 0.243 e. The Balaban J connectivity index is 2.34. The fraction of sp³-hybridized carbons (Fsp3) is 0.500. The lowest BCUT2D eigenvalue weighted by Gasteiger charge is -2.40. The lowest BCUT2D eigenvalue weighted by Crippen LogP contribution is -2.50. The Morgan fingerprint density at radius 3 is 2.43 bits per heavy atom. The summed E-state index contributed by atoms with van der Waals surface area (Å²) in [4.78, 5) is 0.303. The number of aliphatic hydroxyl groups is 1. The summed E-state index contributed by atoms with van der Waals surface area (Å²) in [6, 6.07) is 6.65. The van der Waals surface area contributed by atoms with E-state index in [1.54, 1.807) is 24.3 Å². The largest absolute Gasteiger partial charge is 0.392 e. The number of piperidine rings is 1. The van der Waals surface area contributed by atoms with Crippen molar-refractivity contribution in [2.75, 3.05) is 6.54 Å². The van der Waals surface area contributed by atoms with Crippen LogP contribution in [0.15, 0.2) is 41.3 Å². The number of aryl methyl sites for hydroxylation is 1. The molecule has 0 unspecified atom stereocenters. The average molecular weight is 309 g/mol. The molecule has 3 atom stereocenters. The van der Waals surface area contributed by atoms with E-state index < -0.39 is 16.1 Å². The van der Waals surface area contributed by atoms with Crippen LogP contribution < -0.4 is 0 Å². The molecule has 21 heavy (non-hydrogen) atoms. The molecule has 0 amide bonds. The molecule has 1 fully saturated rings. The van der Waals surface area contributed by atoms with E-state index in [1.165, 1.54) is 4.31 Å². The maximum Gasteiger partial charge on any atom is 0.243 e. The van der Waals surface area contributed by atoms with Crippen molar-refractivity contribution in [2.45, 2.75) is 44.2 Å². The highest BCUT2D eigenvalue weighted by atomic mass is 32.2. The summed E-state index contributed by atoms with van der Waals surface area (Å²) in [5.74, 6) is -0.207. The van der Waals surface area contributed by atoms with E-state index in [9.17, 15) is 13.5 Å². The van der Waals surface area contributed by atoms with Gasteiger partial charge in [-0.05, 0) is 39.3 Å². The molecule has 0 radical (unpaired) electrons. The van der Waals surface area contributed by atoms with E-state index in [2.05, 4.69) is 6.58 Å². The predicted octanol–water partition coefficient (Wildman–Crippen LogP) is 2.33. The second-order valence-corrected chi connectivity index (χ2v) is 7.88. The molecule has 0 aromatic heterocycles. The van der Waals surface area contributed by atoms with Crippen molar-refractivity contribution in [3.8, 4) is 0 Å². The minimum atomic E-state index is -3.54. The van der Waals surface area contributed by atoms with Crippen LogP contribution in [0.25, 0.3) is 0 Å². The van der Waals surface area contributed by atoms with Crippen LogP contribution in [-0.2, 0) is 10.0 Å². The Morgan fingerprint density at radius 2 is 1.90 bits per heavy atom. The fourth-order valence-corrected chi connectivity index (χ4v) is 4.46. The number of rotatable bonds is 3. The number of aliphatic hydroxyl groups excluding tert-OH is 1. The Kier molecular flexibility index (Phi) is 4.56. The van der Waals surface area contributed by atoms with Crippen LogP contribution in [0, 0.1) is 12.8 Å². The summed E-state index contributed by atoms with van der Waals surface area (Å²) in [5, 5.41) is 10.1. The van der Waals surface area contributed by atoms with Gasteiger partial charge in [-0.2, -0.15) is 4.31 Å². The van der Waals surface area contributed by atoms with Crippen molar-refractivity contribution in [1.82, 2.24) is 4.31 Å². The first-order chi connectivity index (χ1) is 9.73. The van der Waals surface area contributed by atoms with Crippen molar-refractivity contribution in [3.63, 3.8) is 0 Å². The predicted molar refractivity (Wildman–Crippen MR) is 83.5 cm³/mol. The van der Waals surface area contributed by atoms with Gasteiger partial charge in [0, 0.05) is 18.5 Å². The summed E-state index contributed by atoms with van der Waals surface area (Å²) in [6.45, 7) is 9.75. The molecule has 0 bridgehead atoms. The lowest BCUT2D eigenvalue weighted by molar-refractivity contribution is 0.0474.